The first kappa shape index (κ1) is 15.8. The highest BCUT2D eigenvalue weighted by Gasteiger charge is 2.18. The first-order valence-corrected chi connectivity index (χ1v) is 8.61. The van der Waals surface area contributed by atoms with Crippen molar-refractivity contribution >= 4 is 49.2 Å². The SMILES string of the molecule is O=S(=O)(NCc1ccc(Br)cc1)c1cc(Cl)ccc1Cl. The molecule has 0 saturated carbocycles. The number of benzene rings is 2. The summed E-state index contributed by atoms with van der Waals surface area (Å²) in [6.45, 7) is 0.179. The predicted molar refractivity (Wildman–Crippen MR) is 84.6 cm³/mol. The number of hydrogen-bond acceptors (Lipinski definition) is 2. The summed E-state index contributed by atoms with van der Waals surface area (Å²) >= 11 is 15.0. The Morgan fingerprint density at radius 3 is 2.35 bits per heavy atom. The second kappa shape index (κ2) is 6.45. The monoisotopic (exact) mass is 393 g/mol. The Hall–Kier alpha value is -0.590. The van der Waals surface area contributed by atoms with Crippen molar-refractivity contribution in [3.8, 4) is 0 Å². The highest BCUT2D eigenvalue weighted by molar-refractivity contribution is 9.10. The Morgan fingerprint density at radius 2 is 1.70 bits per heavy atom. The molecule has 0 saturated heterocycles. The molecule has 0 aliphatic heterocycles. The van der Waals surface area contributed by atoms with Crippen molar-refractivity contribution in [3.05, 3.63) is 62.5 Å². The minimum atomic E-state index is -3.70. The van der Waals surface area contributed by atoms with Gasteiger partial charge in [-0.05, 0) is 35.9 Å². The summed E-state index contributed by atoms with van der Waals surface area (Å²) in [5.41, 5.74) is 0.843. The molecule has 2 rings (SSSR count). The fourth-order valence-corrected chi connectivity index (χ4v) is 3.58. The van der Waals surface area contributed by atoms with Crippen LogP contribution in [0.15, 0.2) is 51.8 Å². The summed E-state index contributed by atoms with van der Waals surface area (Å²) in [6.07, 6.45) is 0. The molecule has 0 fully saturated rings. The van der Waals surface area contributed by atoms with E-state index < -0.39 is 10.0 Å². The summed E-state index contributed by atoms with van der Waals surface area (Å²) < 4.78 is 27.8. The lowest BCUT2D eigenvalue weighted by Gasteiger charge is -2.09. The summed E-state index contributed by atoms with van der Waals surface area (Å²) in [4.78, 5) is -0.0243. The zero-order chi connectivity index (χ0) is 14.8. The van der Waals surface area contributed by atoms with Gasteiger partial charge in [0.25, 0.3) is 0 Å². The lowest BCUT2D eigenvalue weighted by molar-refractivity contribution is 0.581. The van der Waals surface area contributed by atoms with E-state index in [0.717, 1.165) is 10.0 Å². The molecule has 0 radical (unpaired) electrons. The highest BCUT2D eigenvalue weighted by Crippen LogP contribution is 2.25. The van der Waals surface area contributed by atoms with Gasteiger partial charge in [-0.25, -0.2) is 13.1 Å². The van der Waals surface area contributed by atoms with E-state index in [1.807, 2.05) is 24.3 Å². The molecule has 0 aromatic heterocycles. The summed E-state index contributed by atoms with van der Waals surface area (Å²) in [5, 5.41) is 0.455. The van der Waals surface area contributed by atoms with E-state index in [4.69, 9.17) is 23.2 Å². The number of hydrogen-bond donors (Lipinski definition) is 1. The minimum Gasteiger partial charge on any atom is -0.207 e. The zero-order valence-electron chi connectivity index (χ0n) is 10.1. The Balaban J connectivity index is 2.19. The molecule has 7 heteroatoms. The first-order chi connectivity index (χ1) is 9.38. The van der Waals surface area contributed by atoms with Gasteiger partial charge in [-0.1, -0.05) is 51.3 Å². The minimum absolute atomic E-state index is 0.0243. The van der Waals surface area contributed by atoms with Gasteiger partial charge in [0.1, 0.15) is 4.90 Å². The van der Waals surface area contributed by atoms with E-state index in [1.165, 1.54) is 18.2 Å². The van der Waals surface area contributed by atoms with Gasteiger partial charge in [0, 0.05) is 16.0 Å². The molecular formula is C13H10BrCl2NO2S. The zero-order valence-corrected chi connectivity index (χ0v) is 14.0. The lowest BCUT2D eigenvalue weighted by atomic mass is 10.2. The quantitative estimate of drug-likeness (QED) is 0.843. The van der Waals surface area contributed by atoms with Crippen LogP contribution in [0.5, 0.6) is 0 Å². The Morgan fingerprint density at radius 1 is 1.05 bits per heavy atom. The number of rotatable bonds is 4. The molecule has 1 N–H and O–H groups in total. The van der Waals surface area contributed by atoms with Crippen molar-refractivity contribution in [2.75, 3.05) is 0 Å². The Bertz CT molecular complexity index is 718. The van der Waals surface area contributed by atoms with E-state index in [-0.39, 0.29) is 16.5 Å². The topological polar surface area (TPSA) is 46.2 Å². The van der Waals surface area contributed by atoms with Crippen LogP contribution >= 0.6 is 39.1 Å². The summed E-state index contributed by atoms with van der Waals surface area (Å²) in [6, 6.07) is 11.7. The van der Waals surface area contributed by atoms with E-state index in [0.29, 0.717) is 5.02 Å². The van der Waals surface area contributed by atoms with Crippen molar-refractivity contribution in [2.24, 2.45) is 0 Å². The molecule has 0 atom stereocenters. The lowest BCUT2D eigenvalue weighted by Crippen LogP contribution is -2.23. The van der Waals surface area contributed by atoms with Gasteiger partial charge in [-0.2, -0.15) is 0 Å². The van der Waals surface area contributed by atoms with Crippen LogP contribution in [-0.2, 0) is 16.6 Å². The van der Waals surface area contributed by atoms with Gasteiger partial charge >= 0.3 is 0 Å². The fraction of sp³-hybridized carbons (Fsp3) is 0.0769. The Kier molecular flexibility index (Phi) is 5.09. The average Bonchev–Trinajstić information content (AvgIpc) is 2.41. The van der Waals surface area contributed by atoms with E-state index in [1.54, 1.807) is 0 Å². The van der Waals surface area contributed by atoms with E-state index in [9.17, 15) is 8.42 Å². The van der Waals surface area contributed by atoms with Gasteiger partial charge in [0.2, 0.25) is 10.0 Å². The van der Waals surface area contributed by atoms with Gasteiger partial charge in [-0.3, -0.25) is 0 Å². The van der Waals surface area contributed by atoms with Crippen LogP contribution in [0.4, 0.5) is 0 Å². The molecule has 0 spiro atoms. The van der Waals surface area contributed by atoms with Crippen molar-refractivity contribution in [2.45, 2.75) is 11.4 Å². The van der Waals surface area contributed by atoms with Crippen LogP contribution in [0.2, 0.25) is 10.0 Å². The second-order valence-electron chi connectivity index (χ2n) is 4.03. The Labute approximate surface area is 136 Å². The molecule has 2 aromatic rings. The van der Waals surface area contributed by atoms with Crippen molar-refractivity contribution in [3.63, 3.8) is 0 Å². The molecular weight excluding hydrogens is 385 g/mol. The smallest absolute Gasteiger partial charge is 0.207 e. The molecule has 0 aliphatic carbocycles. The summed E-state index contributed by atoms with van der Waals surface area (Å²) in [7, 11) is -3.70. The van der Waals surface area contributed by atoms with Crippen molar-refractivity contribution in [1.82, 2.24) is 4.72 Å². The molecule has 0 amide bonds. The molecule has 0 unspecified atom stereocenters. The van der Waals surface area contributed by atoms with Crippen LogP contribution in [-0.4, -0.2) is 8.42 Å². The molecule has 0 aliphatic rings. The van der Waals surface area contributed by atoms with Crippen LogP contribution in [0, 0.1) is 0 Å². The number of sulfonamides is 1. The number of nitrogens with one attached hydrogen (secondary N) is 1. The summed E-state index contributed by atoms with van der Waals surface area (Å²) in [5.74, 6) is 0. The normalized spacial score (nSPS) is 11.6. The maximum atomic E-state index is 12.2. The third-order valence-electron chi connectivity index (χ3n) is 2.56. The van der Waals surface area contributed by atoms with Crippen LogP contribution in [0.3, 0.4) is 0 Å². The molecule has 2 aromatic carbocycles. The van der Waals surface area contributed by atoms with Crippen molar-refractivity contribution < 1.29 is 8.42 Å². The van der Waals surface area contributed by atoms with Gasteiger partial charge in [0.15, 0.2) is 0 Å². The first-order valence-electron chi connectivity index (χ1n) is 5.58. The van der Waals surface area contributed by atoms with E-state index >= 15 is 0 Å². The maximum absolute atomic E-state index is 12.2. The molecule has 20 heavy (non-hydrogen) atoms. The van der Waals surface area contributed by atoms with Crippen LogP contribution < -0.4 is 4.72 Å². The third kappa shape index (κ3) is 3.96. The molecule has 0 bridgehead atoms. The highest BCUT2D eigenvalue weighted by atomic mass is 79.9. The van der Waals surface area contributed by atoms with Crippen LogP contribution in [0.25, 0.3) is 0 Å². The predicted octanol–water partition coefficient (Wildman–Crippen LogP) is 4.23. The van der Waals surface area contributed by atoms with Crippen LogP contribution in [0.1, 0.15) is 5.56 Å². The van der Waals surface area contributed by atoms with E-state index in [2.05, 4.69) is 20.7 Å². The van der Waals surface area contributed by atoms with Gasteiger partial charge < -0.3 is 0 Å². The average molecular weight is 395 g/mol. The molecule has 0 heterocycles. The van der Waals surface area contributed by atoms with Crippen molar-refractivity contribution in [1.29, 1.82) is 0 Å². The van der Waals surface area contributed by atoms with Gasteiger partial charge in [0.05, 0.1) is 5.02 Å². The van der Waals surface area contributed by atoms with Gasteiger partial charge in [-0.15, -0.1) is 0 Å². The second-order valence-corrected chi connectivity index (χ2v) is 7.52. The fourth-order valence-electron chi connectivity index (χ4n) is 1.54. The maximum Gasteiger partial charge on any atom is 0.242 e. The third-order valence-corrected chi connectivity index (χ3v) is 5.21. The molecule has 106 valence electrons. The molecule has 3 nitrogen and oxygen atoms in total. The standard InChI is InChI=1S/C13H10BrCl2NO2S/c14-10-3-1-9(2-4-10)8-17-20(18,19)13-7-11(15)5-6-12(13)16/h1-7,17H,8H2. The number of halogens is 3. The largest absolute Gasteiger partial charge is 0.242 e.